The number of nitrogens with zero attached hydrogens (tertiary/aromatic N) is 4. The van der Waals surface area contributed by atoms with E-state index in [4.69, 9.17) is 9.97 Å². The fourth-order valence-electron chi connectivity index (χ4n) is 3.95. The third-order valence-electron chi connectivity index (χ3n) is 5.48. The standard InChI is InChI=1S/C22H26N4O/c1-14-11-15(2)21(20(27)12-14)18-8-6-16-5-7-17(23-22(16)24-18)19-13-25(3)9-10-26(19)4/h5-8,11-12,19,27H,9-10,13H2,1-4H3. The van der Waals surface area contributed by atoms with E-state index in [1.54, 1.807) is 6.07 Å². The molecule has 140 valence electrons. The van der Waals surface area contributed by atoms with Gasteiger partial charge in [-0.05, 0) is 69.4 Å². The second-order valence-corrected chi connectivity index (χ2v) is 7.71. The highest BCUT2D eigenvalue weighted by atomic mass is 16.3. The average Bonchev–Trinajstić information content (AvgIpc) is 2.62. The van der Waals surface area contributed by atoms with Gasteiger partial charge < -0.3 is 10.0 Å². The number of piperazine rings is 1. The lowest BCUT2D eigenvalue weighted by Gasteiger charge is -2.37. The van der Waals surface area contributed by atoms with Crippen molar-refractivity contribution in [3.8, 4) is 17.0 Å². The molecule has 1 aromatic carbocycles. The Morgan fingerprint density at radius 1 is 1.00 bits per heavy atom. The van der Waals surface area contributed by atoms with Crippen molar-refractivity contribution >= 4 is 11.0 Å². The molecule has 5 heteroatoms. The van der Waals surface area contributed by atoms with Gasteiger partial charge in [0.2, 0.25) is 0 Å². The fraction of sp³-hybridized carbons (Fsp3) is 0.364. The second kappa shape index (κ2) is 6.91. The van der Waals surface area contributed by atoms with E-state index in [0.29, 0.717) is 0 Å². The van der Waals surface area contributed by atoms with Crippen LogP contribution in [0.1, 0.15) is 22.9 Å². The van der Waals surface area contributed by atoms with E-state index >= 15 is 0 Å². The Kier molecular flexibility index (Phi) is 4.58. The number of rotatable bonds is 2. The summed E-state index contributed by atoms with van der Waals surface area (Å²) < 4.78 is 0. The number of hydrogen-bond acceptors (Lipinski definition) is 5. The van der Waals surface area contributed by atoms with Gasteiger partial charge in [-0.3, -0.25) is 4.90 Å². The molecule has 2 aromatic heterocycles. The maximum absolute atomic E-state index is 10.4. The van der Waals surface area contributed by atoms with Crippen LogP contribution in [0, 0.1) is 13.8 Å². The first-order valence-corrected chi connectivity index (χ1v) is 9.39. The van der Waals surface area contributed by atoms with E-state index in [-0.39, 0.29) is 11.8 Å². The van der Waals surface area contributed by atoms with Gasteiger partial charge >= 0.3 is 0 Å². The third kappa shape index (κ3) is 3.40. The van der Waals surface area contributed by atoms with Crippen LogP contribution < -0.4 is 0 Å². The molecule has 1 saturated heterocycles. The van der Waals surface area contributed by atoms with Crippen LogP contribution >= 0.6 is 0 Å². The van der Waals surface area contributed by atoms with Gasteiger partial charge in [0.05, 0.1) is 17.4 Å². The molecular weight excluding hydrogens is 336 g/mol. The molecule has 1 aliphatic rings. The lowest BCUT2D eigenvalue weighted by molar-refractivity contribution is 0.112. The largest absolute Gasteiger partial charge is 0.507 e. The number of aryl methyl sites for hydroxylation is 2. The lowest BCUT2D eigenvalue weighted by Crippen LogP contribution is -2.45. The van der Waals surface area contributed by atoms with Crippen LogP contribution in [0.3, 0.4) is 0 Å². The van der Waals surface area contributed by atoms with E-state index in [9.17, 15) is 5.11 Å². The van der Waals surface area contributed by atoms with Crippen molar-refractivity contribution in [2.24, 2.45) is 0 Å². The van der Waals surface area contributed by atoms with Crippen LogP contribution in [0.25, 0.3) is 22.3 Å². The predicted octanol–water partition coefficient (Wildman–Crippen LogP) is 3.54. The normalized spacial score (nSPS) is 18.9. The Labute approximate surface area is 160 Å². The van der Waals surface area contributed by atoms with Crippen LogP contribution in [0.5, 0.6) is 5.75 Å². The molecule has 0 radical (unpaired) electrons. The van der Waals surface area contributed by atoms with Crippen molar-refractivity contribution in [1.29, 1.82) is 0 Å². The van der Waals surface area contributed by atoms with Gasteiger partial charge in [0.1, 0.15) is 5.75 Å². The van der Waals surface area contributed by atoms with Crippen LogP contribution in [0.2, 0.25) is 0 Å². The maximum Gasteiger partial charge on any atom is 0.160 e. The number of benzene rings is 1. The summed E-state index contributed by atoms with van der Waals surface area (Å²) in [5, 5.41) is 11.5. The lowest BCUT2D eigenvalue weighted by atomic mass is 10.0. The zero-order chi connectivity index (χ0) is 19.1. The first kappa shape index (κ1) is 17.9. The molecule has 4 rings (SSSR count). The summed E-state index contributed by atoms with van der Waals surface area (Å²) in [5.41, 5.74) is 5.38. The highest BCUT2D eigenvalue weighted by molar-refractivity contribution is 5.81. The minimum atomic E-state index is 0.268. The highest BCUT2D eigenvalue weighted by Crippen LogP contribution is 2.33. The molecule has 1 atom stereocenters. The molecular formula is C22H26N4O. The van der Waals surface area contributed by atoms with Crippen LogP contribution in [-0.2, 0) is 0 Å². The number of phenols is 1. The number of fused-ring (bicyclic) bond motifs is 1. The smallest absolute Gasteiger partial charge is 0.160 e. The van der Waals surface area contributed by atoms with Gasteiger partial charge in [-0.25, -0.2) is 9.97 Å². The number of hydrogen-bond donors (Lipinski definition) is 1. The highest BCUT2D eigenvalue weighted by Gasteiger charge is 2.25. The van der Waals surface area contributed by atoms with Crippen molar-refractivity contribution in [1.82, 2.24) is 19.8 Å². The first-order chi connectivity index (χ1) is 12.9. The van der Waals surface area contributed by atoms with E-state index in [2.05, 4.69) is 42.1 Å². The molecule has 1 fully saturated rings. The Bertz CT molecular complexity index is 978. The quantitative estimate of drug-likeness (QED) is 0.756. The zero-order valence-electron chi connectivity index (χ0n) is 16.4. The number of aromatic nitrogens is 2. The first-order valence-electron chi connectivity index (χ1n) is 9.39. The van der Waals surface area contributed by atoms with Gasteiger partial charge in [-0.1, -0.05) is 6.07 Å². The molecule has 1 N–H and O–H groups in total. The third-order valence-corrected chi connectivity index (χ3v) is 5.48. The summed E-state index contributed by atoms with van der Waals surface area (Å²) in [6.45, 7) is 7.06. The summed E-state index contributed by atoms with van der Waals surface area (Å²) >= 11 is 0. The van der Waals surface area contributed by atoms with Gasteiger partial charge in [-0.2, -0.15) is 0 Å². The van der Waals surface area contributed by atoms with Crippen LogP contribution in [0.15, 0.2) is 36.4 Å². The number of phenolic OH excluding ortho intramolecular Hbond substituents is 1. The molecule has 0 saturated carbocycles. The molecule has 1 aliphatic heterocycles. The van der Waals surface area contributed by atoms with Gasteiger partial charge in [0, 0.05) is 30.6 Å². The molecule has 3 heterocycles. The number of likely N-dealkylation sites (N-methyl/N-ethyl adjacent to an activating group) is 2. The van der Waals surface area contributed by atoms with E-state index in [1.807, 2.05) is 26.0 Å². The van der Waals surface area contributed by atoms with E-state index in [1.165, 1.54) is 0 Å². The van der Waals surface area contributed by atoms with Gasteiger partial charge in [0.15, 0.2) is 5.65 Å². The summed E-state index contributed by atoms with van der Waals surface area (Å²) in [7, 11) is 4.31. The minimum Gasteiger partial charge on any atom is -0.507 e. The summed E-state index contributed by atoms with van der Waals surface area (Å²) in [4.78, 5) is 14.4. The van der Waals surface area contributed by atoms with Crippen molar-refractivity contribution in [3.05, 3.63) is 53.2 Å². The van der Waals surface area contributed by atoms with Crippen molar-refractivity contribution in [2.75, 3.05) is 33.7 Å². The molecule has 3 aromatic rings. The predicted molar refractivity (Wildman–Crippen MR) is 109 cm³/mol. The molecule has 1 unspecified atom stereocenters. The topological polar surface area (TPSA) is 52.5 Å². The fourth-order valence-corrected chi connectivity index (χ4v) is 3.95. The average molecular weight is 362 g/mol. The second-order valence-electron chi connectivity index (χ2n) is 7.71. The molecule has 0 bridgehead atoms. The van der Waals surface area contributed by atoms with Crippen molar-refractivity contribution < 1.29 is 5.11 Å². The van der Waals surface area contributed by atoms with Crippen LogP contribution in [-0.4, -0.2) is 58.6 Å². The SMILES string of the molecule is Cc1cc(C)c(-c2ccc3ccc(C4CN(C)CCN4C)nc3n2)c(O)c1. The minimum absolute atomic E-state index is 0.268. The van der Waals surface area contributed by atoms with Gasteiger partial charge in [-0.15, -0.1) is 0 Å². The monoisotopic (exact) mass is 362 g/mol. The Balaban J connectivity index is 1.78. The van der Waals surface area contributed by atoms with E-state index < -0.39 is 0 Å². The van der Waals surface area contributed by atoms with Crippen molar-refractivity contribution in [3.63, 3.8) is 0 Å². The van der Waals surface area contributed by atoms with E-state index in [0.717, 1.165) is 58.7 Å². The zero-order valence-corrected chi connectivity index (χ0v) is 16.4. The molecule has 0 aliphatic carbocycles. The molecule has 0 amide bonds. The Hall–Kier alpha value is -2.50. The summed E-state index contributed by atoms with van der Waals surface area (Å²) in [5.74, 6) is 0.268. The maximum atomic E-state index is 10.4. The van der Waals surface area contributed by atoms with Crippen LogP contribution in [0.4, 0.5) is 0 Å². The Morgan fingerprint density at radius 3 is 2.56 bits per heavy atom. The Morgan fingerprint density at radius 2 is 1.78 bits per heavy atom. The molecule has 5 nitrogen and oxygen atoms in total. The molecule has 27 heavy (non-hydrogen) atoms. The summed E-state index contributed by atoms with van der Waals surface area (Å²) in [6.07, 6.45) is 0. The summed E-state index contributed by atoms with van der Waals surface area (Å²) in [6, 6.07) is 12.3. The van der Waals surface area contributed by atoms with Gasteiger partial charge in [0.25, 0.3) is 0 Å². The molecule has 0 spiro atoms. The number of pyridine rings is 2. The van der Waals surface area contributed by atoms with Crippen molar-refractivity contribution in [2.45, 2.75) is 19.9 Å². The number of aromatic hydroxyl groups is 1.